The number of halogens is 4. The van der Waals surface area contributed by atoms with Crippen LogP contribution < -0.4 is 36.0 Å². The lowest BCUT2D eigenvalue weighted by molar-refractivity contribution is 0.0934. The summed E-state index contributed by atoms with van der Waals surface area (Å²) in [5, 5.41) is 10.9. The summed E-state index contributed by atoms with van der Waals surface area (Å²) in [6, 6.07) is 15.5. The van der Waals surface area contributed by atoms with Crippen LogP contribution in [-0.2, 0) is 23.9 Å². The molecule has 6 aromatic rings. The van der Waals surface area contributed by atoms with Crippen LogP contribution >= 0.6 is 0 Å². The summed E-state index contributed by atoms with van der Waals surface area (Å²) >= 11 is 0. The van der Waals surface area contributed by atoms with Crippen molar-refractivity contribution in [2.24, 2.45) is 0 Å². The zero-order valence-corrected chi connectivity index (χ0v) is 47.5. The number of anilines is 5. The molecular formula is C57H67F4N13O5S. The Morgan fingerprint density at radius 3 is 1.48 bits per heavy atom. The van der Waals surface area contributed by atoms with Crippen LogP contribution in [0.5, 0.6) is 0 Å². The fourth-order valence-corrected chi connectivity index (χ4v) is 9.46. The topological polar surface area (TPSA) is 201 Å². The quantitative estimate of drug-likeness (QED) is 0.0471. The second kappa shape index (κ2) is 25.9. The Morgan fingerprint density at radius 2 is 1.05 bits per heavy atom. The third-order valence-corrected chi connectivity index (χ3v) is 13.7. The van der Waals surface area contributed by atoms with E-state index in [1.54, 1.807) is 30.3 Å². The first kappa shape index (κ1) is 59.8. The smallest absolute Gasteiger partial charge is 0.328 e. The molecule has 18 nitrogen and oxygen atoms in total. The van der Waals surface area contributed by atoms with E-state index in [0.717, 1.165) is 77.7 Å². The van der Waals surface area contributed by atoms with Crippen molar-refractivity contribution >= 4 is 63.6 Å². The van der Waals surface area contributed by atoms with Gasteiger partial charge in [0.15, 0.2) is 11.6 Å². The zero-order valence-electron chi connectivity index (χ0n) is 46.7. The first-order valence-electron chi connectivity index (χ1n) is 26.0. The number of amides is 6. The Labute approximate surface area is 465 Å². The summed E-state index contributed by atoms with van der Waals surface area (Å²) in [7, 11) is 6.39. The fraction of sp³-hybridized carbons (Fsp3) is 0.368. The van der Waals surface area contributed by atoms with E-state index in [-0.39, 0.29) is 53.8 Å². The molecule has 0 radical (unpaired) electrons. The van der Waals surface area contributed by atoms with Crippen LogP contribution in [0.15, 0.2) is 78.0 Å². The molecule has 2 aromatic heterocycles. The molecule has 8 rings (SSSR count). The number of hydrogen-bond donors (Lipinski definition) is 4. The van der Waals surface area contributed by atoms with Gasteiger partial charge >= 0.3 is 12.1 Å². The summed E-state index contributed by atoms with van der Waals surface area (Å²) in [4.78, 5) is 78.0. The van der Waals surface area contributed by atoms with Crippen molar-refractivity contribution in [3.8, 4) is 22.5 Å². The van der Waals surface area contributed by atoms with Gasteiger partial charge in [0.05, 0.1) is 35.3 Å². The summed E-state index contributed by atoms with van der Waals surface area (Å²) in [6.07, 6.45) is 3.25. The zero-order chi connectivity index (χ0) is 58.3. The fourth-order valence-electron chi connectivity index (χ4n) is 9.03. The molecule has 0 spiro atoms. The lowest BCUT2D eigenvalue weighted by Crippen LogP contribution is -2.43. The summed E-state index contributed by atoms with van der Waals surface area (Å²) < 4.78 is 72.0. The number of fused-ring (bicyclic) bond motifs is 2. The van der Waals surface area contributed by atoms with E-state index in [2.05, 4.69) is 62.2 Å². The molecule has 0 aliphatic carbocycles. The van der Waals surface area contributed by atoms with E-state index in [1.165, 1.54) is 18.4 Å². The molecule has 4 heterocycles. The number of benzene rings is 4. The number of nitrogens with zero attached hydrogens (tertiary/aromatic N) is 9. The third kappa shape index (κ3) is 13.7. The van der Waals surface area contributed by atoms with Gasteiger partial charge in [0.2, 0.25) is 11.1 Å². The predicted molar refractivity (Wildman–Crippen MR) is 302 cm³/mol. The van der Waals surface area contributed by atoms with Gasteiger partial charge in [0, 0.05) is 65.3 Å². The maximum atomic E-state index is 15.1. The molecule has 4 N–H and O–H groups in total. The van der Waals surface area contributed by atoms with Gasteiger partial charge < -0.3 is 36.0 Å². The van der Waals surface area contributed by atoms with Crippen molar-refractivity contribution in [2.45, 2.75) is 84.7 Å². The molecule has 424 valence electrons. The molecule has 1 unspecified atom stereocenters. The number of carbonyl (C=O) groups is 4. The number of aromatic nitrogens is 4. The Kier molecular flexibility index (Phi) is 19.4. The molecule has 4 aromatic carbocycles. The molecule has 0 fully saturated rings. The molecule has 0 saturated heterocycles. The van der Waals surface area contributed by atoms with E-state index in [0.29, 0.717) is 57.3 Å². The van der Waals surface area contributed by atoms with Gasteiger partial charge in [0.25, 0.3) is 11.8 Å². The van der Waals surface area contributed by atoms with Crippen molar-refractivity contribution in [1.29, 1.82) is 0 Å². The van der Waals surface area contributed by atoms with Crippen LogP contribution in [0.2, 0.25) is 0 Å². The summed E-state index contributed by atoms with van der Waals surface area (Å²) in [5.41, 5.74) is 4.11. The van der Waals surface area contributed by atoms with Crippen molar-refractivity contribution in [3.05, 3.63) is 129 Å². The third-order valence-electron chi connectivity index (χ3n) is 13.0. The number of para-hydroxylation sites is 2. The van der Waals surface area contributed by atoms with Crippen molar-refractivity contribution in [2.75, 3.05) is 75.3 Å². The molecule has 2 aliphatic rings. The van der Waals surface area contributed by atoms with E-state index >= 15 is 8.78 Å². The number of hydrogen-bond acceptors (Lipinski definition) is 12. The Morgan fingerprint density at radius 1 is 0.625 bits per heavy atom. The SMILES string of the molecule is Cc1ccc(C(=O)NC(C)C)cc1-c1nc(N(C)CCCN(C)CCCN(C)C)nc2c1CNC(=O)N2c1c(F)cccc1F.Cc1ccc(C(=O)NC(C)C)cc1-c1nc(S(C)=O)nc2c1CNC(=O)N2c1c(F)cccc1F. The maximum absolute atomic E-state index is 15.1. The van der Waals surface area contributed by atoms with Crippen LogP contribution in [-0.4, -0.2) is 131 Å². The normalized spacial score (nSPS) is 13.4. The first-order chi connectivity index (χ1) is 37.9. The Hall–Kier alpha value is -7.89. The van der Waals surface area contributed by atoms with E-state index in [4.69, 9.17) is 9.97 Å². The maximum Gasteiger partial charge on any atom is 0.328 e. The average molecular weight is 1120 g/mol. The Balaban J connectivity index is 0.000000238. The van der Waals surface area contributed by atoms with Crippen LogP contribution in [0.25, 0.3) is 22.5 Å². The lowest BCUT2D eigenvalue weighted by Gasteiger charge is -2.32. The highest BCUT2D eigenvalue weighted by atomic mass is 32.2. The van der Waals surface area contributed by atoms with E-state index < -0.39 is 57.5 Å². The number of aryl methyl sites for hydroxylation is 2. The van der Waals surface area contributed by atoms with Crippen molar-refractivity contribution in [3.63, 3.8) is 0 Å². The molecular weight excluding hydrogens is 1050 g/mol. The molecule has 80 heavy (non-hydrogen) atoms. The number of urea groups is 2. The first-order valence-corrected chi connectivity index (χ1v) is 27.6. The average Bonchev–Trinajstić information content (AvgIpc) is 3.52. The summed E-state index contributed by atoms with van der Waals surface area (Å²) in [6.45, 7) is 14.6. The Bertz CT molecular complexity index is 3310. The second-order valence-corrected chi connectivity index (χ2v) is 21.7. The van der Waals surface area contributed by atoms with Crippen LogP contribution in [0.3, 0.4) is 0 Å². The minimum absolute atomic E-state index is 0.0332. The van der Waals surface area contributed by atoms with Crippen LogP contribution in [0.1, 0.15) is 83.5 Å². The minimum Gasteiger partial charge on any atom is -0.350 e. The minimum atomic E-state index is -1.68. The predicted octanol–water partition coefficient (Wildman–Crippen LogP) is 8.91. The highest BCUT2D eigenvalue weighted by Gasteiger charge is 2.37. The number of carbonyl (C=O) groups excluding carboxylic acids is 4. The van der Waals surface area contributed by atoms with Gasteiger partial charge in [-0.1, -0.05) is 24.3 Å². The van der Waals surface area contributed by atoms with Crippen LogP contribution in [0.4, 0.5) is 56.1 Å². The molecule has 2 aliphatic heterocycles. The van der Waals surface area contributed by atoms with Gasteiger partial charge in [-0.25, -0.2) is 51.9 Å². The largest absolute Gasteiger partial charge is 0.350 e. The van der Waals surface area contributed by atoms with Crippen LogP contribution in [0, 0.1) is 37.1 Å². The second-order valence-electron chi connectivity index (χ2n) is 20.5. The van der Waals surface area contributed by atoms with Crippen molar-refractivity contribution < 1.29 is 40.9 Å². The lowest BCUT2D eigenvalue weighted by atomic mass is 9.97. The van der Waals surface area contributed by atoms with Gasteiger partial charge in [0.1, 0.15) is 34.6 Å². The van der Waals surface area contributed by atoms with Gasteiger partial charge in [-0.05, 0) is 155 Å². The van der Waals surface area contributed by atoms with E-state index in [9.17, 15) is 32.2 Å². The standard InChI is InChI=1S/C33H44F2N8O2.C24H23F2N5O3S/c1-21(2)37-31(44)23-14-13-22(3)24(19-23)28-25-20-36-33(45)43(29-26(34)11-8-12-27(29)35)30(25)39-32(38-28)42(7)18-10-17-41(6)16-9-15-40(4)5;1-12(2)28-22(32)14-9-8-13(3)15(10-14)19-16-11-27-24(33)31(20-17(25)6-5-7-18(20)26)21(16)30-23(29-19)35(4)34/h8,11-14,19,21H,9-10,15-18,20H2,1-7H3,(H,36,45)(H,37,44);5-10,12H,11H2,1-4H3,(H,27,33)(H,28,32). The van der Waals surface area contributed by atoms with Gasteiger partial charge in [-0.15, -0.1) is 0 Å². The molecule has 23 heteroatoms. The number of nitrogens with one attached hydrogen (secondary N) is 4. The van der Waals surface area contributed by atoms with Crippen molar-refractivity contribution in [1.82, 2.24) is 51.0 Å². The molecule has 1 atom stereocenters. The molecule has 0 bridgehead atoms. The number of rotatable bonds is 18. The van der Waals surface area contributed by atoms with Gasteiger partial charge in [-0.2, -0.15) is 4.98 Å². The van der Waals surface area contributed by atoms with E-state index in [1.807, 2.05) is 59.6 Å². The summed E-state index contributed by atoms with van der Waals surface area (Å²) in [5.74, 6) is -3.92. The van der Waals surface area contributed by atoms with Gasteiger partial charge in [-0.3, -0.25) is 13.8 Å². The highest BCUT2D eigenvalue weighted by molar-refractivity contribution is 7.84. The highest BCUT2D eigenvalue weighted by Crippen LogP contribution is 2.41. The monoisotopic (exact) mass is 1120 g/mol. The molecule has 6 amide bonds. The molecule has 0 saturated carbocycles.